The molecule has 5 heteroatoms. The summed E-state index contributed by atoms with van der Waals surface area (Å²) in [5.74, 6) is 0.582. The minimum absolute atomic E-state index is 0.116. The lowest BCUT2D eigenvalue weighted by Crippen LogP contribution is -2.37. The summed E-state index contributed by atoms with van der Waals surface area (Å²) in [6.45, 7) is 2.32. The van der Waals surface area contributed by atoms with Crippen molar-refractivity contribution in [3.63, 3.8) is 0 Å². The molecule has 1 amide bonds. The van der Waals surface area contributed by atoms with Gasteiger partial charge < -0.3 is 15.8 Å². The van der Waals surface area contributed by atoms with Gasteiger partial charge in [0.15, 0.2) is 6.10 Å². The number of ether oxygens (including phenoxy) is 1. The maximum absolute atomic E-state index is 12.1. The zero-order valence-electron chi connectivity index (χ0n) is 13.4. The smallest absolute Gasteiger partial charge is 0.260 e. The summed E-state index contributed by atoms with van der Waals surface area (Å²) in [5.41, 5.74) is 7.53. The molecule has 0 aliphatic carbocycles. The summed E-state index contributed by atoms with van der Waals surface area (Å²) in [7, 11) is 0. The van der Waals surface area contributed by atoms with E-state index in [1.807, 2.05) is 54.8 Å². The van der Waals surface area contributed by atoms with Crippen molar-refractivity contribution >= 4 is 23.4 Å². The Labute approximate surface area is 141 Å². The van der Waals surface area contributed by atoms with Gasteiger partial charge in [0.2, 0.25) is 0 Å². The third-order valence-corrected chi connectivity index (χ3v) is 4.18. The van der Waals surface area contributed by atoms with Crippen LogP contribution in [-0.4, -0.2) is 24.8 Å². The number of nitrogens with two attached hydrogens (primary N) is 1. The molecule has 3 N–H and O–H groups in total. The molecule has 0 saturated heterocycles. The number of hydrogen-bond acceptors (Lipinski definition) is 4. The van der Waals surface area contributed by atoms with Gasteiger partial charge in [-0.15, -0.1) is 11.8 Å². The van der Waals surface area contributed by atoms with Gasteiger partial charge in [0.25, 0.3) is 5.91 Å². The van der Waals surface area contributed by atoms with Gasteiger partial charge in [-0.05, 0) is 61.6 Å². The van der Waals surface area contributed by atoms with Crippen LogP contribution in [0.2, 0.25) is 0 Å². The Bertz CT molecular complexity index is 626. The summed E-state index contributed by atoms with van der Waals surface area (Å²) in [5, 5.41) is 2.89. The van der Waals surface area contributed by atoms with Crippen LogP contribution in [0.1, 0.15) is 12.5 Å². The Morgan fingerprint density at radius 1 is 1.17 bits per heavy atom. The van der Waals surface area contributed by atoms with Crippen molar-refractivity contribution in [2.75, 3.05) is 18.5 Å². The fourth-order valence-electron chi connectivity index (χ4n) is 2.07. The number of benzene rings is 2. The summed E-state index contributed by atoms with van der Waals surface area (Å²) >= 11 is 1.67. The fourth-order valence-corrected chi connectivity index (χ4v) is 2.48. The lowest BCUT2D eigenvalue weighted by molar-refractivity contribution is -0.127. The molecule has 2 aromatic rings. The molecular weight excluding hydrogens is 308 g/mol. The van der Waals surface area contributed by atoms with Gasteiger partial charge in [0, 0.05) is 17.1 Å². The average Bonchev–Trinajstić information content (AvgIpc) is 2.57. The minimum Gasteiger partial charge on any atom is -0.481 e. The summed E-state index contributed by atoms with van der Waals surface area (Å²) in [6.07, 6.45) is 2.26. The highest BCUT2D eigenvalue weighted by Gasteiger charge is 2.13. The first-order valence-corrected chi connectivity index (χ1v) is 8.74. The Morgan fingerprint density at radius 3 is 2.43 bits per heavy atom. The van der Waals surface area contributed by atoms with Gasteiger partial charge in [-0.3, -0.25) is 4.79 Å². The Morgan fingerprint density at radius 2 is 1.83 bits per heavy atom. The molecule has 0 bridgehead atoms. The molecule has 0 aliphatic rings. The monoisotopic (exact) mass is 330 g/mol. The molecule has 2 rings (SSSR count). The first kappa shape index (κ1) is 17.2. The van der Waals surface area contributed by atoms with Gasteiger partial charge >= 0.3 is 0 Å². The highest BCUT2D eigenvalue weighted by molar-refractivity contribution is 7.98. The number of carbonyl (C=O) groups is 1. The molecule has 0 fully saturated rings. The van der Waals surface area contributed by atoms with Gasteiger partial charge in [-0.2, -0.15) is 0 Å². The molecule has 0 radical (unpaired) electrons. The van der Waals surface area contributed by atoms with Crippen molar-refractivity contribution in [3.8, 4) is 5.75 Å². The maximum atomic E-state index is 12.1. The second-order valence-corrected chi connectivity index (χ2v) is 6.10. The standard InChI is InChI=1S/C18H22N2O2S/c1-13(22-16-7-9-17(23-2)10-8-16)18(21)20-12-11-14-3-5-15(19)6-4-14/h3-10,13H,11-12,19H2,1-2H3,(H,20,21). The predicted octanol–water partition coefficient (Wildman–Crippen LogP) is 3.12. The van der Waals surface area contributed by atoms with Gasteiger partial charge in [-0.1, -0.05) is 12.1 Å². The van der Waals surface area contributed by atoms with E-state index in [4.69, 9.17) is 10.5 Å². The van der Waals surface area contributed by atoms with Crippen molar-refractivity contribution < 1.29 is 9.53 Å². The van der Waals surface area contributed by atoms with Crippen LogP contribution in [-0.2, 0) is 11.2 Å². The van der Waals surface area contributed by atoms with Crippen molar-refractivity contribution in [2.24, 2.45) is 0 Å². The van der Waals surface area contributed by atoms with Crippen molar-refractivity contribution in [2.45, 2.75) is 24.3 Å². The molecule has 1 atom stereocenters. The van der Waals surface area contributed by atoms with E-state index in [0.717, 1.165) is 22.6 Å². The average molecular weight is 330 g/mol. The predicted molar refractivity (Wildman–Crippen MR) is 95.9 cm³/mol. The number of nitrogens with one attached hydrogen (secondary N) is 1. The zero-order valence-corrected chi connectivity index (χ0v) is 14.2. The third-order valence-electron chi connectivity index (χ3n) is 3.43. The fraction of sp³-hybridized carbons (Fsp3) is 0.278. The van der Waals surface area contributed by atoms with Gasteiger partial charge in [0.05, 0.1) is 0 Å². The van der Waals surface area contributed by atoms with Crippen LogP contribution in [0.3, 0.4) is 0 Å². The molecular formula is C18H22N2O2S. The molecule has 4 nitrogen and oxygen atoms in total. The first-order chi connectivity index (χ1) is 11.1. The lowest BCUT2D eigenvalue weighted by atomic mass is 10.1. The normalized spacial score (nSPS) is 11.7. The van der Waals surface area contributed by atoms with E-state index in [9.17, 15) is 4.79 Å². The molecule has 0 aromatic heterocycles. The Hall–Kier alpha value is -2.14. The van der Waals surface area contributed by atoms with E-state index in [-0.39, 0.29) is 5.91 Å². The molecule has 2 aromatic carbocycles. The molecule has 1 unspecified atom stereocenters. The second-order valence-electron chi connectivity index (χ2n) is 5.22. The summed E-state index contributed by atoms with van der Waals surface area (Å²) in [6, 6.07) is 15.4. The molecule has 0 spiro atoms. The third kappa shape index (κ3) is 5.53. The van der Waals surface area contributed by atoms with Crippen molar-refractivity contribution in [1.82, 2.24) is 5.32 Å². The van der Waals surface area contributed by atoms with Crippen LogP contribution in [0.15, 0.2) is 53.4 Å². The number of carbonyl (C=O) groups excluding carboxylic acids is 1. The van der Waals surface area contributed by atoms with Gasteiger partial charge in [-0.25, -0.2) is 0 Å². The summed E-state index contributed by atoms with van der Waals surface area (Å²) < 4.78 is 5.66. The van der Waals surface area contributed by atoms with Gasteiger partial charge in [0.1, 0.15) is 5.75 Å². The van der Waals surface area contributed by atoms with Crippen LogP contribution >= 0.6 is 11.8 Å². The van der Waals surface area contributed by atoms with Crippen LogP contribution in [0.5, 0.6) is 5.75 Å². The molecule has 23 heavy (non-hydrogen) atoms. The molecule has 0 aliphatic heterocycles. The van der Waals surface area contributed by atoms with E-state index in [1.54, 1.807) is 18.7 Å². The quantitative estimate of drug-likeness (QED) is 0.605. The van der Waals surface area contributed by atoms with E-state index in [1.165, 1.54) is 0 Å². The highest BCUT2D eigenvalue weighted by Crippen LogP contribution is 2.19. The highest BCUT2D eigenvalue weighted by atomic mass is 32.2. The number of hydrogen-bond donors (Lipinski definition) is 2. The minimum atomic E-state index is -0.526. The number of anilines is 1. The van der Waals surface area contributed by atoms with Crippen LogP contribution in [0.25, 0.3) is 0 Å². The van der Waals surface area contributed by atoms with E-state index in [2.05, 4.69) is 5.32 Å². The van der Waals surface area contributed by atoms with E-state index < -0.39 is 6.10 Å². The SMILES string of the molecule is CSc1ccc(OC(C)C(=O)NCCc2ccc(N)cc2)cc1. The Kier molecular flexibility index (Phi) is 6.35. The zero-order chi connectivity index (χ0) is 16.7. The number of rotatable bonds is 7. The summed E-state index contributed by atoms with van der Waals surface area (Å²) in [4.78, 5) is 13.2. The lowest BCUT2D eigenvalue weighted by Gasteiger charge is -2.15. The van der Waals surface area contributed by atoms with Crippen LogP contribution in [0.4, 0.5) is 5.69 Å². The molecule has 0 saturated carbocycles. The second kappa shape index (κ2) is 8.48. The number of thioether (sulfide) groups is 1. The van der Waals surface area contributed by atoms with Crippen LogP contribution in [0, 0.1) is 0 Å². The first-order valence-electron chi connectivity index (χ1n) is 7.51. The maximum Gasteiger partial charge on any atom is 0.260 e. The number of nitrogen functional groups attached to an aromatic ring is 1. The Balaban J connectivity index is 1.76. The topological polar surface area (TPSA) is 64.3 Å². The van der Waals surface area contributed by atoms with Crippen LogP contribution < -0.4 is 15.8 Å². The van der Waals surface area contributed by atoms with E-state index >= 15 is 0 Å². The molecule has 122 valence electrons. The van der Waals surface area contributed by atoms with E-state index in [0.29, 0.717) is 12.3 Å². The molecule has 0 heterocycles. The van der Waals surface area contributed by atoms with Crippen molar-refractivity contribution in [1.29, 1.82) is 0 Å². The largest absolute Gasteiger partial charge is 0.481 e. The number of amides is 1. The van der Waals surface area contributed by atoms with Crippen molar-refractivity contribution in [3.05, 3.63) is 54.1 Å².